The molecular formula is C24H23N5O3. The molecule has 0 saturated carbocycles. The molecule has 8 heteroatoms. The van der Waals surface area contributed by atoms with Gasteiger partial charge >= 0.3 is 0 Å². The van der Waals surface area contributed by atoms with Crippen LogP contribution in [0.3, 0.4) is 0 Å². The summed E-state index contributed by atoms with van der Waals surface area (Å²) in [4.78, 5) is 29.3. The summed E-state index contributed by atoms with van der Waals surface area (Å²) in [5, 5.41) is 9.80. The molecule has 0 aliphatic heterocycles. The van der Waals surface area contributed by atoms with Crippen molar-refractivity contribution in [3.8, 4) is 0 Å². The molecule has 2 N–H and O–H groups in total. The Morgan fingerprint density at radius 3 is 2.41 bits per heavy atom. The van der Waals surface area contributed by atoms with Crippen molar-refractivity contribution in [1.29, 1.82) is 0 Å². The van der Waals surface area contributed by atoms with E-state index in [1.807, 2.05) is 54.6 Å². The molecule has 4 aromatic rings. The summed E-state index contributed by atoms with van der Waals surface area (Å²) in [5.41, 5.74) is 2.99. The van der Waals surface area contributed by atoms with Crippen LogP contribution >= 0.6 is 0 Å². The fraction of sp³-hybridized carbons (Fsp3) is 0.167. The van der Waals surface area contributed by atoms with E-state index in [0.717, 1.165) is 16.7 Å². The Labute approximate surface area is 185 Å². The SMILES string of the molecule is O=C(NC(Cc1ccccc1)C(=O)NCc1ccc(Cn2cncn2)cc1)c1ccco1. The zero-order valence-corrected chi connectivity index (χ0v) is 17.3. The molecule has 0 radical (unpaired) electrons. The van der Waals surface area contributed by atoms with E-state index < -0.39 is 11.9 Å². The lowest BCUT2D eigenvalue weighted by molar-refractivity contribution is -0.123. The molecule has 0 spiro atoms. The van der Waals surface area contributed by atoms with Gasteiger partial charge in [-0.2, -0.15) is 5.10 Å². The maximum Gasteiger partial charge on any atom is 0.287 e. The molecule has 2 heterocycles. The lowest BCUT2D eigenvalue weighted by atomic mass is 10.0. The minimum absolute atomic E-state index is 0.166. The highest BCUT2D eigenvalue weighted by atomic mass is 16.3. The molecule has 0 aliphatic carbocycles. The van der Waals surface area contributed by atoms with Crippen molar-refractivity contribution in [1.82, 2.24) is 25.4 Å². The molecule has 2 aromatic heterocycles. The number of rotatable bonds is 9. The molecule has 0 aliphatic rings. The Hall–Kier alpha value is -4.20. The van der Waals surface area contributed by atoms with E-state index in [1.54, 1.807) is 23.1 Å². The van der Waals surface area contributed by atoms with E-state index in [4.69, 9.17) is 4.42 Å². The highest BCUT2D eigenvalue weighted by Gasteiger charge is 2.22. The molecule has 4 rings (SSSR count). The standard InChI is InChI=1S/C24H23N5O3/c30-23(26-14-19-8-10-20(11-9-19)15-29-17-25-16-27-29)21(13-18-5-2-1-3-6-18)28-24(31)22-7-4-12-32-22/h1-12,16-17,21H,13-15H2,(H,26,30)(H,28,31). The van der Waals surface area contributed by atoms with E-state index in [0.29, 0.717) is 19.5 Å². The van der Waals surface area contributed by atoms with Crippen molar-refractivity contribution in [2.24, 2.45) is 0 Å². The average Bonchev–Trinajstić information content (AvgIpc) is 3.53. The Kier molecular flexibility index (Phi) is 6.72. The fourth-order valence-electron chi connectivity index (χ4n) is 3.27. The summed E-state index contributed by atoms with van der Waals surface area (Å²) in [6.07, 6.45) is 4.96. The largest absolute Gasteiger partial charge is 0.459 e. The van der Waals surface area contributed by atoms with Crippen LogP contribution in [0.4, 0.5) is 0 Å². The Morgan fingerprint density at radius 2 is 1.72 bits per heavy atom. The van der Waals surface area contributed by atoms with Gasteiger partial charge in [-0.3, -0.25) is 9.59 Å². The number of benzene rings is 2. The molecular weight excluding hydrogens is 406 g/mol. The van der Waals surface area contributed by atoms with Gasteiger partial charge in [-0.25, -0.2) is 9.67 Å². The van der Waals surface area contributed by atoms with E-state index >= 15 is 0 Å². The zero-order valence-electron chi connectivity index (χ0n) is 17.3. The van der Waals surface area contributed by atoms with Gasteiger partial charge in [0.05, 0.1) is 12.8 Å². The minimum Gasteiger partial charge on any atom is -0.459 e. The van der Waals surface area contributed by atoms with Gasteiger partial charge in [-0.1, -0.05) is 54.6 Å². The minimum atomic E-state index is -0.735. The summed E-state index contributed by atoms with van der Waals surface area (Å²) in [5.74, 6) is -0.525. The maximum atomic E-state index is 12.9. The van der Waals surface area contributed by atoms with Gasteiger partial charge in [0.2, 0.25) is 5.91 Å². The molecule has 0 fully saturated rings. The third-order valence-electron chi connectivity index (χ3n) is 4.95. The van der Waals surface area contributed by atoms with Crippen molar-refractivity contribution in [2.75, 3.05) is 0 Å². The van der Waals surface area contributed by atoms with Crippen LogP contribution in [-0.4, -0.2) is 32.6 Å². The average molecular weight is 429 g/mol. The summed E-state index contributed by atoms with van der Waals surface area (Å²) in [6, 6.07) is 19.9. The predicted octanol–water partition coefficient (Wildman–Crippen LogP) is 2.58. The van der Waals surface area contributed by atoms with Crippen molar-refractivity contribution in [3.63, 3.8) is 0 Å². The van der Waals surface area contributed by atoms with Crippen LogP contribution in [0.1, 0.15) is 27.2 Å². The van der Waals surface area contributed by atoms with Crippen LogP contribution < -0.4 is 10.6 Å². The van der Waals surface area contributed by atoms with Gasteiger partial charge in [0.25, 0.3) is 5.91 Å². The van der Waals surface area contributed by atoms with Crippen LogP contribution in [0.25, 0.3) is 0 Å². The van der Waals surface area contributed by atoms with Gasteiger partial charge in [-0.05, 0) is 28.8 Å². The predicted molar refractivity (Wildman–Crippen MR) is 118 cm³/mol. The number of amides is 2. The maximum absolute atomic E-state index is 12.9. The van der Waals surface area contributed by atoms with E-state index in [2.05, 4.69) is 20.7 Å². The summed E-state index contributed by atoms with van der Waals surface area (Å²) < 4.78 is 6.89. The van der Waals surface area contributed by atoms with Crippen LogP contribution in [0.5, 0.6) is 0 Å². The van der Waals surface area contributed by atoms with Gasteiger partial charge < -0.3 is 15.1 Å². The number of nitrogens with one attached hydrogen (secondary N) is 2. The summed E-state index contributed by atoms with van der Waals surface area (Å²) in [6.45, 7) is 0.981. The Bertz CT molecular complexity index is 1120. The lowest BCUT2D eigenvalue weighted by Gasteiger charge is -2.18. The molecule has 162 valence electrons. The number of furan rings is 1. The summed E-state index contributed by atoms with van der Waals surface area (Å²) in [7, 11) is 0. The number of hydrogen-bond acceptors (Lipinski definition) is 5. The smallest absolute Gasteiger partial charge is 0.287 e. The highest BCUT2D eigenvalue weighted by Crippen LogP contribution is 2.08. The highest BCUT2D eigenvalue weighted by molar-refractivity contribution is 5.95. The molecule has 0 saturated heterocycles. The van der Waals surface area contributed by atoms with Crippen LogP contribution in [0.15, 0.2) is 90.1 Å². The van der Waals surface area contributed by atoms with Gasteiger partial charge in [0, 0.05) is 13.0 Å². The first kappa shape index (κ1) is 21.0. The second-order valence-electron chi connectivity index (χ2n) is 7.32. The number of hydrogen-bond donors (Lipinski definition) is 2. The first-order valence-electron chi connectivity index (χ1n) is 10.2. The van der Waals surface area contributed by atoms with Gasteiger partial charge in [0.1, 0.15) is 18.7 Å². The van der Waals surface area contributed by atoms with Gasteiger partial charge in [-0.15, -0.1) is 0 Å². The fourth-order valence-corrected chi connectivity index (χ4v) is 3.27. The second kappa shape index (κ2) is 10.2. The third kappa shape index (κ3) is 5.69. The normalized spacial score (nSPS) is 11.6. The molecule has 2 aromatic carbocycles. The quantitative estimate of drug-likeness (QED) is 0.426. The Morgan fingerprint density at radius 1 is 0.938 bits per heavy atom. The monoisotopic (exact) mass is 429 g/mol. The van der Waals surface area contributed by atoms with Crippen molar-refractivity contribution in [3.05, 3.63) is 108 Å². The molecule has 8 nitrogen and oxygen atoms in total. The molecule has 0 bridgehead atoms. The Balaban J connectivity index is 1.38. The van der Waals surface area contributed by atoms with Crippen LogP contribution in [0.2, 0.25) is 0 Å². The van der Waals surface area contributed by atoms with Crippen LogP contribution in [0, 0.1) is 0 Å². The molecule has 2 amide bonds. The molecule has 1 unspecified atom stereocenters. The summed E-state index contributed by atoms with van der Waals surface area (Å²) >= 11 is 0. The van der Waals surface area contributed by atoms with Gasteiger partial charge in [0.15, 0.2) is 5.76 Å². The first-order valence-corrected chi connectivity index (χ1v) is 10.2. The van der Waals surface area contributed by atoms with E-state index in [9.17, 15) is 9.59 Å². The molecule has 1 atom stereocenters. The molecule has 32 heavy (non-hydrogen) atoms. The topological polar surface area (TPSA) is 102 Å². The van der Waals surface area contributed by atoms with Crippen LogP contribution in [-0.2, 0) is 24.3 Å². The van der Waals surface area contributed by atoms with Crippen molar-refractivity contribution >= 4 is 11.8 Å². The van der Waals surface area contributed by atoms with Crippen molar-refractivity contribution in [2.45, 2.75) is 25.6 Å². The lowest BCUT2D eigenvalue weighted by Crippen LogP contribution is -2.47. The number of aromatic nitrogens is 3. The third-order valence-corrected chi connectivity index (χ3v) is 4.95. The first-order chi connectivity index (χ1) is 15.7. The van der Waals surface area contributed by atoms with E-state index in [-0.39, 0.29) is 11.7 Å². The van der Waals surface area contributed by atoms with Crippen molar-refractivity contribution < 1.29 is 14.0 Å². The number of nitrogens with zero attached hydrogens (tertiary/aromatic N) is 3. The van der Waals surface area contributed by atoms with E-state index in [1.165, 1.54) is 12.6 Å². The zero-order chi connectivity index (χ0) is 22.2. The number of carbonyl (C=O) groups is 2. The second-order valence-corrected chi connectivity index (χ2v) is 7.32. The number of carbonyl (C=O) groups excluding carboxylic acids is 2.